The van der Waals surface area contributed by atoms with Crippen LogP contribution in [0, 0.1) is 0 Å². The summed E-state index contributed by atoms with van der Waals surface area (Å²) in [4.78, 5) is 80.2. The first-order chi connectivity index (χ1) is 15.2. The van der Waals surface area contributed by atoms with Gasteiger partial charge in [-0.2, -0.15) is 0 Å². The monoisotopic (exact) mass is 454 g/mol. The Kier molecular flexibility index (Phi) is 5.47. The number of rotatable bonds is 8. The predicted molar refractivity (Wildman–Crippen MR) is 99.9 cm³/mol. The Morgan fingerprint density at radius 3 is 1.28 bits per heavy atom. The number of nitrogens with zero attached hydrogens (tertiary/aromatic N) is 6. The fourth-order valence-corrected chi connectivity index (χ4v) is 4.36. The second-order valence-electron chi connectivity index (χ2n) is 7.84. The molecule has 0 aromatic heterocycles. The first kappa shape index (κ1) is 21.6. The summed E-state index contributed by atoms with van der Waals surface area (Å²) in [5, 5.41) is 21.8. The Bertz CT molecular complexity index is 780. The minimum absolute atomic E-state index is 0.0771. The summed E-state index contributed by atoms with van der Waals surface area (Å²) in [6, 6.07) is -0.734. The van der Waals surface area contributed by atoms with Gasteiger partial charge in [-0.1, -0.05) is 0 Å². The fraction of sp³-hybridized carbons (Fsp3) is 0.625. The van der Waals surface area contributed by atoms with Gasteiger partial charge in [-0.05, 0) is 0 Å². The highest BCUT2D eigenvalue weighted by molar-refractivity contribution is 5.87. The van der Waals surface area contributed by atoms with Crippen molar-refractivity contribution in [1.82, 2.24) is 40.0 Å². The third-order valence-electron chi connectivity index (χ3n) is 5.54. The third-order valence-corrected chi connectivity index (χ3v) is 5.54. The van der Waals surface area contributed by atoms with Gasteiger partial charge in [-0.3, -0.25) is 48.6 Å². The summed E-state index contributed by atoms with van der Waals surface area (Å²) < 4.78 is 0. The van der Waals surface area contributed by atoms with Crippen LogP contribution >= 0.6 is 0 Å². The smallest absolute Gasteiger partial charge is 0.325 e. The van der Waals surface area contributed by atoms with Crippen LogP contribution in [0.2, 0.25) is 0 Å². The largest absolute Gasteiger partial charge is 0.480 e. The first-order valence-electron chi connectivity index (χ1n) is 9.72. The van der Waals surface area contributed by atoms with Crippen molar-refractivity contribution < 1.29 is 39.0 Å². The Morgan fingerprint density at radius 1 is 0.688 bits per heavy atom. The van der Waals surface area contributed by atoms with E-state index in [4.69, 9.17) is 10.2 Å². The molecule has 0 spiro atoms. The Balaban J connectivity index is 1.43. The first-order valence-corrected chi connectivity index (χ1v) is 9.72. The molecule has 0 aromatic carbocycles. The van der Waals surface area contributed by atoms with Gasteiger partial charge in [-0.15, -0.1) is 0 Å². The van der Waals surface area contributed by atoms with Gasteiger partial charge in [-0.25, -0.2) is 9.59 Å². The summed E-state index contributed by atoms with van der Waals surface area (Å²) >= 11 is 0. The molecule has 4 aliphatic rings. The van der Waals surface area contributed by atoms with Gasteiger partial charge in [0.1, 0.15) is 13.1 Å². The van der Waals surface area contributed by atoms with E-state index in [9.17, 15) is 28.8 Å². The van der Waals surface area contributed by atoms with Gasteiger partial charge < -0.3 is 20.8 Å². The highest BCUT2D eigenvalue weighted by Crippen LogP contribution is 2.39. The number of carboxylic acid groups (broad SMARTS) is 2. The van der Waals surface area contributed by atoms with Crippen LogP contribution in [0.15, 0.2) is 0 Å². The zero-order valence-electron chi connectivity index (χ0n) is 16.8. The van der Waals surface area contributed by atoms with Crippen LogP contribution in [0.3, 0.4) is 0 Å². The zero-order chi connectivity index (χ0) is 23.2. The normalized spacial score (nSPS) is 24.6. The molecule has 4 aliphatic heterocycles. The topological polar surface area (TPSA) is 186 Å². The maximum Gasteiger partial charge on any atom is 0.325 e. The van der Waals surface area contributed by atoms with Crippen molar-refractivity contribution in [3.63, 3.8) is 0 Å². The lowest BCUT2D eigenvalue weighted by Gasteiger charge is -2.42. The highest BCUT2D eigenvalue weighted by atomic mass is 16.4. The number of urea groups is 2. The third kappa shape index (κ3) is 3.84. The van der Waals surface area contributed by atoms with Crippen molar-refractivity contribution in [2.24, 2.45) is 0 Å². The summed E-state index contributed by atoms with van der Waals surface area (Å²) in [6.07, 6.45) is -1.06. The maximum atomic E-state index is 13.0. The molecule has 4 saturated heterocycles. The van der Waals surface area contributed by atoms with Crippen LogP contribution in [-0.2, 0) is 19.2 Å². The van der Waals surface area contributed by atoms with Gasteiger partial charge >= 0.3 is 24.0 Å². The molecular weight excluding hydrogens is 432 g/mol. The van der Waals surface area contributed by atoms with Crippen LogP contribution in [-0.4, -0.2) is 141 Å². The van der Waals surface area contributed by atoms with E-state index in [-0.39, 0.29) is 51.8 Å². The standard InChI is InChI=1S/C16H22N8O8/c25-9(17-1-11(27)28)3-19-5-21-13-14-23(15(21)31)7-20(4-10(26)18-2-12(29)30)8-24(14)16(32)22(13)6-19/h13-14H,1-8H2,(H,17,25)(H,18,26)(H,27,28)(H,29,30). The number of aliphatic carboxylic acids is 2. The Hall–Kier alpha value is -3.66. The molecule has 16 nitrogen and oxygen atoms in total. The molecule has 0 radical (unpaired) electrons. The molecular formula is C16H22N8O8. The molecule has 4 heterocycles. The molecule has 4 fully saturated rings. The second-order valence-corrected chi connectivity index (χ2v) is 7.84. The number of amides is 6. The molecule has 0 bridgehead atoms. The average Bonchev–Trinajstić information content (AvgIpc) is 3.17. The molecule has 32 heavy (non-hydrogen) atoms. The van der Waals surface area contributed by atoms with E-state index in [2.05, 4.69) is 10.6 Å². The van der Waals surface area contributed by atoms with E-state index < -0.39 is 49.2 Å². The molecule has 0 atom stereocenters. The number of nitrogens with one attached hydrogen (secondary N) is 2. The summed E-state index contributed by atoms with van der Waals surface area (Å²) in [7, 11) is 0. The van der Waals surface area contributed by atoms with E-state index >= 15 is 0 Å². The Morgan fingerprint density at radius 2 is 1.00 bits per heavy atom. The van der Waals surface area contributed by atoms with E-state index in [0.29, 0.717) is 0 Å². The van der Waals surface area contributed by atoms with E-state index in [1.54, 1.807) is 9.80 Å². The van der Waals surface area contributed by atoms with Gasteiger partial charge in [0.05, 0.1) is 39.8 Å². The van der Waals surface area contributed by atoms with Crippen molar-refractivity contribution >= 4 is 35.8 Å². The van der Waals surface area contributed by atoms with Crippen LogP contribution < -0.4 is 10.6 Å². The van der Waals surface area contributed by atoms with Crippen molar-refractivity contribution in [2.75, 3.05) is 52.9 Å². The van der Waals surface area contributed by atoms with Gasteiger partial charge in [0.15, 0.2) is 12.3 Å². The maximum absolute atomic E-state index is 13.0. The molecule has 0 aromatic rings. The SMILES string of the molecule is O=C(O)CNC(=O)CN1CN2C(=O)N3CN(CC(=O)NCC(=O)O)CN4C(=O)N(C1)C2C34. The predicted octanol–water partition coefficient (Wildman–Crippen LogP) is -4.02. The minimum atomic E-state index is -1.18. The van der Waals surface area contributed by atoms with Crippen LogP contribution in [0.4, 0.5) is 9.59 Å². The lowest BCUT2D eigenvalue weighted by molar-refractivity contribution is -0.138. The quantitative estimate of drug-likeness (QED) is 0.281. The number of carboxylic acids is 2. The number of hydrogen-bond donors (Lipinski definition) is 4. The fourth-order valence-electron chi connectivity index (χ4n) is 4.36. The van der Waals surface area contributed by atoms with Crippen molar-refractivity contribution in [3.05, 3.63) is 0 Å². The summed E-state index contributed by atoms with van der Waals surface area (Å²) in [6.45, 7) is -1.12. The van der Waals surface area contributed by atoms with Crippen molar-refractivity contribution in [2.45, 2.75) is 12.3 Å². The molecule has 0 saturated carbocycles. The molecule has 6 amide bonds. The van der Waals surface area contributed by atoms with Crippen LogP contribution in [0.25, 0.3) is 0 Å². The number of hydrogen-bond acceptors (Lipinski definition) is 8. The van der Waals surface area contributed by atoms with Crippen molar-refractivity contribution in [3.8, 4) is 0 Å². The van der Waals surface area contributed by atoms with Gasteiger partial charge in [0.2, 0.25) is 11.8 Å². The molecule has 16 heteroatoms. The lowest BCUT2D eigenvalue weighted by Crippen LogP contribution is -2.62. The zero-order valence-corrected chi connectivity index (χ0v) is 16.8. The molecule has 174 valence electrons. The summed E-state index contributed by atoms with van der Waals surface area (Å²) in [5.74, 6) is -3.45. The lowest BCUT2D eigenvalue weighted by atomic mass is 10.3. The number of carbonyl (C=O) groups is 6. The van der Waals surface area contributed by atoms with Gasteiger partial charge in [0.25, 0.3) is 0 Å². The molecule has 4 rings (SSSR count). The number of carbonyl (C=O) groups excluding carboxylic acids is 4. The van der Waals surface area contributed by atoms with Crippen LogP contribution in [0.5, 0.6) is 0 Å². The Labute approximate surface area is 180 Å². The minimum Gasteiger partial charge on any atom is -0.480 e. The van der Waals surface area contributed by atoms with Gasteiger partial charge in [0, 0.05) is 0 Å². The molecule has 0 aliphatic carbocycles. The summed E-state index contributed by atoms with van der Waals surface area (Å²) in [5.41, 5.74) is 0. The van der Waals surface area contributed by atoms with E-state index in [1.165, 1.54) is 19.6 Å². The average molecular weight is 454 g/mol. The second kappa shape index (κ2) is 8.12. The molecule has 4 N–H and O–H groups in total. The van der Waals surface area contributed by atoms with Crippen molar-refractivity contribution in [1.29, 1.82) is 0 Å². The molecule has 0 unspecified atom stereocenters. The van der Waals surface area contributed by atoms with E-state index in [0.717, 1.165) is 0 Å². The van der Waals surface area contributed by atoms with Crippen LogP contribution in [0.1, 0.15) is 0 Å². The van der Waals surface area contributed by atoms with E-state index in [1.807, 2.05) is 0 Å². The highest BCUT2D eigenvalue weighted by Gasteiger charge is 2.63.